The van der Waals surface area contributed by atoms with Gasteiger partial charge in [-0.15, -0.1) is 0 Å². The summed E-state index contributed by atoms with van der Waals surface area (Å²) in [5.74, 6) is 0.634. The third kappa shape index (κ3) is 1.76. The summed E-state index contributed by atoms with van der Waals surface area (Å²) < 4.78 is 5.70. The minimum absolute atomic E-state index is 0.634. The average molecular weight is 224 g/mol. The minimum atomic E-state index is 0.634. The van der Waals surface area contributed by atoms with Gasteiger partial charge < -0.3 is 10.2 Å². The Morgan fingerprint density at radius 3 is 2.82 bits per heavy atom. The van der Waals surface area contributed by atoms with Crippen LogP contribution in [-0.2, 0) is 0 Å². The predicted octanol–water partition coefficient (Wildman–Crippen LogP) is 3.39. The fourth-order valence-electron chi connectivity index (χ4n) is 1.84. The summed E-state index contributed by atoms with van der Waals surface area (Å²) in [5.41, 5.74) is 10.1. The molecule has 1 heterocycles. The van der Waals surface area contributed by atoms with Gasteiger partial charge in [-0.05, 0) is 31.2 Å². The normalized spacial score (nSPS) is 10.9. The summed E-state index contributed by atoms with van der Waals surface area (Å²) >= 11 is 0. The first kappa shape index (κ1) is 9.90. The molecule has 0 fully saturated rings. The Balaban J connectivity index is 2.18. The Labute approximate surface area is 98.9 Å². The van der Waals surface area contributed by atoms with Gasteiger partial charge in [0.25, 0.3) is 0 Å². The Morgan fingerprint density at radius 1 is 1.12 bits per heavy atom. The molecule has 2 N–H and O–H groups in total. The molecule has 0 saturated heterocycles. The molecule has 0 unspecified atom stereocenters. The van der Waals surface area contributed by atoms with Crippen molar-refractivity contribution in [1.82, 2.24) is 4.98 Å². The van der Waals surface area contributed by atoms with Crippen LogP contribution in [-0.4, -0.2) is 4.98 Å². The lowest BCUT2D eigenvalue weighted by Gasteiger charge is -1.95. The summed E-state index contributed by atoms with van der Waals surface area (Å²) in [7, 11) is 0. The van der Waals surface area contributed by atoms with Crippen molar-refractivity contribution in [2.45, 2.75) is 6.92 Å². The topological polar surface area (TPSA) is 52.0 Å². The van der Waals surface area contributed by atoms with E-state index < -0.39 is 0 Å². The average Bonchev–Trinajstić information content (AvgIpc) is 2.72. The third-order valence-corrected chi connectivity index (χ3v) is 2.68. The van der Waals surface area contributed by atoms with Crippen molar-refractivity contribution in [3.05, 3.63) is 48.0 Å². The number of aryl methyl sites for hydroxylation is 1. The molecule has 0 radical (unpaired) electrons. The van der Waals surface area contributed by atoms with Crippen LogP contribution in [0, 0.1) is 6.92 Å². The second kappa shape index (κ2) is 3.63. The fourth-order valence-corrected chi connectivity index (χ4v) is 1.84. The summed E-state index contributed by atoms with van der Waals surface area (Å²) in [6, 6.07) is 13.6. The van der Waals surface area contributed by atoms with Crippen LogP contribution in [0.4, 0.5) is 5.69 Å². The van der Waals surface area contributed by atoms with E-state index in [0.29, 0.717) is 11.6 Å². The van der Waals surface area contributed by atoms with Crippen molar-refractivity contribution >= 4 is 16.8 Å². The zero-order chi connectivity index (χ0) is 11.8. The molecule has 0 spiro atoms. The first-order valence-electron chi connectivity index (χ1n) is 5.45. The Hall–Kier alpha value is -2.29. The van der Waals surface area contributed by atoms with Gasteiger partial charge >= 0.3 is 0 Å². The van der Waals surface area contributed by atoms with Crippen LogP contribution in [0.25, 0.3) is 22.6 Å². The van der Waals surface area contributed by atoms with E-state index in [0.717, 1.165) is 16.7 Å². The van der Waals surface area contributed by atoms with Gasteiger partial charge in [0.2, 0.25) is 5.89 Å². The molecule has 0 aliphatic rings. The van der Waals surface area contributed by atoms with Crippen molar-refractivity contribution in [1.29, 1.82) is 0 Å². The van der Waals surface area contributed by atoms with Crippen molar-refractivity contribution < 1.29 is 4.42 Å². The monoisotopic (exact) mass is 224 g/mol. The van der Waals surface area contributed by atoms with Gasteiger partial charge in [-0.1, -0.05) is 17.7 Å². The van der Waals surface area contributed by atoms with Gasteiger partial charge in [-0.3, -0.25) is 0 Å². The number of anilines is 1. The molecule has 1 aromatic heterocycles. The highest BCUT2D eigenvalue weighted by Gasteiger charge is 2.08. The van der Waals surface area contributed by atoms with Gasteiger partial charge in [-0.25, -0.2) is 4.98 Å². The van der Waals surface area contributed by atoms with E-state index in [1.165, 1.54) is 5.56 Å². The van der Waals surface area contributed by atoms with Gasteiger partial charge in [0, 0.05) is 17.3 Å². The number of rotatable bonds is 1. The molecule has 0 saturated carbocycles. The van der Waals surface area contributed by atoms with E-state index in [1.807, 2.05) is 43.3 Å². The van der Waals surface area contributed by atoms with Gasteiger partial charge in [-0.2, -0.15) is 0 Å². The fraction of sp³-hybridized carbons (Fsp3) is 0.0714. The van der Waals surface area contributed by atoms with E-state index in [9.17, 15) is 0 Å². The van der Waals surface area contributed by atoms with Crippen LogP contribution in [0.15, 0.2) is 46.9 Å². The molecule has 3 heteroatoms. The molecule has 0 amide bonds. The molecule has 3 aromatic rings. The van der Waals surface area contributed by atoms with E-state index in [1.54, 1.807) is 6.07 Å². The van der Waals surface area contributed by atoms with Gasteiger partial charge in [0.15, 0.2) is 5.58 Å². The smallest absolute Gasteiger partial charge is 0.227 e. The SMILES string of the molecule is Cc1cccc(-c2nc3ccc(N)cc3o2)c1. The van der Waals surface area contributed by atoms with Crippen molar-refractivity contribution in [3.8, 4) is 11.5 Å². The molecule has 0 aliphatic carbocycles. The number of nitrogens with two attached hydrogens (primary N) is 1. The lowest BCUT2D eigenvalue weighted by Crippen LogP contribution is -1.81. The number of hydrogen-bond donors (Lipinski definition) is 1. The number of aromatic nitrogens is 1. The first-order valence-corrected chi connectivity index (χ1v) is 5.45. The highest BCUT2D eigenvalue weighted by atomic mass is 16.3. The molecule has 3 rings (SSSR count). The lowest BCUT2D eigenvalue weighted by molar-refractivity contribution is 0.620. The van der Waals surface area contributed by atoms with E-state index in [-0.39, 0.29) is 0 Å². The molecular formula is C14H12N2O. The van der Waals surface area contributed by atoms with Crippen molar-refractivity contribution in [2.75, 3.05) is 5.73 Å². The number of benzene rings is 2. The second-order valence-corrected chi connectivity index (χ2v) is 4.12. The zero-order valence-electron chi connectivity index (χ0n) is 9.47. The Kier molecular flexibility index (Phi) is 2.11. The van der Waals surface area contributed by atoms with Crippen LogP contribution in [0.5, 0.6) is 0 Å². The largest absolute Gasteiger partial charge is 0.436 e. The van der Waals surface area contributed by atoms with E-state index >= 15 is 0 Å². The summed E-state index contributed by atoms with van der Waals surface area (Å²) in [6.45, 7) is 2.05. The standard InChI is InChI=1S/C14H12N2O/c1-9-3-2-4-10(7-9)14-16-12-6-5-11(15)8-13(12)17-14/h2-8H,15H2,1H3. The molecule has 3 nitrogen and oxygen atoms in total. The predicted molar refractivity (Wildman–Crippen MR) is 68.6 cm³/mol. The number of hydrogen-bond acceptors (Lipinski definition) is 3. The molecule has 0 aliphatic heterocycles. The zero-order valence-corrected chi connectivity index (χ0v) is 9.47. The molecule has 0 bridgehead atoms. The lowest BCUT2D eigenvalue weighted by atomic mass is 10.1. The number of fused-ring (bicyclic) bond motifs is 1. The van der Waals surface area contributed by atoms with Crippen molar-refractivity contribution in [2.24, 2.45) is 0 Å². The van der Waals surface area contributed by atoms with Crippen LogP contribution < -0.4 is 5.73 Å². The number of nitrogen functional groups attached to an aromatic ring is 1. The molecule has 0 atom stereocenters. The summed E-state index contributed by atoms with van der Waals surface area (Å²) in [6.07, 6.45) is 0. The van der Waals surface area contributed by atoms with Crippen LogP contribution in [0.3, 0.4) is 0 Å². The maximum Gasteiger partial charge on any atom is 0.227 e. The highest BCUT2D eigenvalue weighted by molar-refractivity contribution is 5.79. The van der Waals surface area contributed by atoms with E-state index in [4.69, 9.17) is 10.2 Å². The maximum atomic E-state index is 5.71. The number of nitrogens with zero attached hydrogens (tertiary/aromatic N) is 1. The minimum Gasteiger partial charge on any atom is -0.436 e. The van der Waals surface area contributed by atoms with Crippen LogP contribution >= 0.6 is 0 Å². The number of oxazole rings is 1. The van der Waals surface area contributed by atoms with Crippen LogP contribution in [0.2, 0.25) is 0 Å². The van der Waals surface area contributed by atoms with Crippen LogP contribution in [0.1, 0.15) is 5.56 Å². The summed E-state index contributed by atoms with van der Waals surface area (Å²) in [4.78, 5) is 4.44. The molecule has 17 heavy (non-hydrogen) atoms. The quantitative estimate of drug-likeness (QED) is 0.644. The maximum absolute atomic E-state index is 5.71. The third-order valence-electron chi connectivity index (χ3n) is 2.68. The molecular weight excluding hydrogens is 212 g/mol. The van der Waals surface area contributed by atoms with Gasteiger partial charge in [0.1, 0.15) is 5.52 Å². The Bertz CT molecular complexity index is 686. The molecule has 2 aromatic carbocycles. The first-order chi connectivity index (χ1) is 8.22. The Morgan fingerprint density at radius 2 is 2.00 bits per heavy atom. The van der Waals surface area contributed by atoms with Gasteiger partial charge in [0.05, 0.1) is 0 Å². The molecule has 84 valence electrons. The second-order valence-electron chi connectivity index (χ2n) is 4.12. The van der Waals surface area contributed by atoms with Crippen molar-refractivity contribution in [3.63, 3.8) is 0 Å². The highest BCUT2D eigenvalue weighted by Crippen LogP contribution is 2.25. The summed E-state index contributed by atoms with van der Waals surface area (Å²) in [5, 5.41) is 0. The van der Waals surface area contributed by atoms with E-state index in [2.05, 4.69) is 4.98 Å².